The van der Waals surface area contributed by atoms with Gasteiger partial charge in [-0.05, 0) is 55.8 Å². The van der Waals surface area contributed by atoms with Gasteiger partial charge < -0.3 is 10.3 Å². The number of hydrogen-bond acceptors (Lipinski definition) is 2. The maximum absolute atomic E-state index is 13.3. The Bertz CT molecular complexity index is 900. The molecule has 1 aliphatic heterocycles. The molecule has 26 heavy (non-hydrogen) atoms. The van der Waals surface area contributed by atoms with Crippen LogP contribution in [0.4, 0.5) is 4.39 Å². The minimum absolute atomic E-state index is 0.165. The summed E-state index contributed by atoms with van der Waals surface area (Å²) in [6.45, 7) is 2.66. The van der Waals surface area contributed by atoms with Crippen molar-refractivity contribution in [2.75, 3.05) is 19.6 Å². The Morgan fingerprint density at radius 1 is 1.12 bits per heavy atom. The van der Waals surface area contributed by atoms with Crippen molar-refractivity contribution in [3.63, 3.8) is 0 Å². The second-order valence-electron chi connectivity index (χ2n) is 6.79. The van der Waals surface area contributed by atoms with Crippen molar-refractivity contribution < 1.29 is 9.18 Å². The van der Waals surface area contributed by atoms with E-state index in [-0.39, 0.29) is 17.8 Å². The lowest BCUT2D eigenvalue weighted by Gasteiger charge is -2.28. The number of hydrogen-bond donors (Lipinski definition) is 2. The van der Waals surface area contributed by atoms with E-state index in [0.29, 0.717) is 17.6 Å². The Balaban J connectivity index is 1.50. The number of nitrogens with zero attached hydrogens (tertiary/aromatic N) is 1. The SMILES string of the molecule is O=C(NC[C@H](c1ccccc1)N1CCCC1)c1cc2cc(F)ccc2[nH]1. The van der Waals surface area contributed by atoms with Gasteiger partial charge in [-0.3, -0.25) is 9.69 Å². The van der Waals surface area contributed by atoms with Crippen molar-refractivity contribution in [3.05, 3.63) is 71.7 Å². The molecule has 4 rings (SSSR count). The molecule has 5 heteroatoms. The first-order chi connectivity index (χ1) is 12.7. The smallest absolute Gasteiger partial charge is 0.267 e. The predicted octanol–water partition coefficient (Wildman–Crippen LogP) is 3.87. The Labute approximate surface area is 152 Å². The molecule has 4 nitrogen and oxygen atoms in total. The third kappa shape index (κ3) is 3.48. The highest BCUT2D eigenvalue weighted by molar-refractivity contribution is 5.98. The lowest BCUT2D eigenvalue weighted by Crippen LogP contribution is -2.36. The van der Waals surface area contributed by atoms with E-state index in [9.17, 15) is 9.18 Å². The zero-order valence-corrected chi connectivity index (χ0v) is 14.5. The molecule has 1 amide bonds. The molecule has 0 radical (unpaired) electrons. The summed E-state index contributed by atoms with van der Waals surface area (Å²) in [7, 11) is 0. The van der Waals surface area contributed by atoms with Crippen molar-refractivity contribution in [3.8, 4) is 0 Å². The number of halogens is 1. The Hall–Kier alpha value is -2.66. The standard InChI is InChI=1S/C21H22FN3O/c22-17-8-9-18-16(12-17)13-19(24-18)21(26)23-14-20(25-10-4-5-11-25)15-6-2-1-3-7-15/h1-3,6-9,12-13,20,24H,4-5,10-11,14H2,(H,23,26)/t20-/m1/s1. The second kappa shape index (κ2) is 7.30. The number of carbonyl (C=O) groups excluding carboxylic acids is 1. The fraction of sp³-hybridized carbons (Fsp3) is 0.286. The maximum atomic E-state index is 13.3. The maximum Gasteiger partial charge on any atom is 0.267 e. The van der Waals surface area contributed by atoms with Crippen LogP contribution in [-0.4, -0.2) is 35.4 Å². The molecule has 1 aromatic heterocycles. The quantitative estimate of drug-likeness (QED) is 0.733. The molecular weight excluding hydrogens is 329 g/mol. The van der Waals surface area contributed by atoms with Gasteiger partial charge in [0.15, 0.2) is 0 Å². The minimum Gasteiger partial charge on any atom is -0.351 e. The summed E-state index contributed by atoms with van der Waals surface area (Å²) >= 11 is 0. The number of rotatable bonds is 5. The van der Waals surface area contributed by atoms with Gasteiger partial charge >= 0.3 is 0 Å². The van der Waals surface area contributed by atoms with E-state index in [1.807, 2.05) is 18.2 Å². The summed E-state index contributed by atoms with van der Waals surface area (Å²) in [5.41, 5.74) is 2.43. The first-order valence-corrected chi connectivity index (χ1v) is 9.06. The van der Waals surface area contributed by atoms with Gasteiger partial charge in [-0.1, -0.05) is 30.3 Å². The number of aromatic amines is 1. The first-order valence-electron chi connectivity index (χ1n) is 9.06. The molecule has 0 spiro atoms. The van der Waals surface area contributed by atoms with E-state index in [1.165, 1.54) is 30.5 Å². The highest BCUT2D eigenvalue weighted by Crippen LogP contribution is 2.24. The van der Waals surface area contributed by atoms with Gasteiger partial charge in [0.25, 0.3) is 5.91 Å². The number of benzene rings is 2. The molecular formula is C21H22FN3O. The number of amides is 1. The zero-order valence-electron chi connectivity index (χ0n) is 14.5. The number of aromatic nitrogens is 1. The number of fused-ring (bicyclic) bond motifs is 1. The van der Waals surface area contributed by atoms with Crippen LogP contribution in [0.2, 0.25) is 0 Å². The molecule has 0 saturated carbocycles. The zero-order chi connectivity index (χ0) is 17.9. The number of nitrogens with one attached hydrogen (secondary N) is 2. The summed E-state index contributed by atoms with van der Waals surface area (Å²) in [6.07, 6.45) is 2.40. The molecule has 2 aromatic carbocycles. The molecule has 1 fully saturated rings. The van der Waals surface area contributed by atoms with E-state index < -0.39 is 0 Å². The monoisotopic (exact) mass is 351 g/mol. The highest BCUT2D eigenvalue weighted by Gasteiger charge is 2.24. The summed E-state index contributed by atoms with van der Waals surface area (Å²) in [6, 6.07) is 16.6. The van der Waals surface area contributed by atoms with Crippen molar-refractivity contribution in [2.24, 2.45) is 0 Å². The minimum atomic E-state index is -0.304. The Morgan fingerprint density at radius 2 is 1.88 bits per heavy atom. The molecule has 1 atom stereocenters. The van der Waals surface area contributed by atoms with Crippen LogP contribution in [0, 0.1) is 5.82 Å². The molecule has 0 unspecified atom stereocenters. The van der Waals surface area contributed by atoms with Crippen LogP contribution in [0.15, 0.2) is 54.6 Å². The molecule has 1 aliphatic rings. The Kier molecular flexibility index (Phi) is 4.71. The van der Waals surface area contributed by atoms with Crippen LogP contribution < -0.4 is 5.32 Å². The highest BCUT2D eigenvalue weighted by atomic mass is 19.1. The van der Waals surface area contributed by atoms with Crippen LogP contribution in [0.5, 0.6) is 0 Å². The first kappa shape index (κ1) is 16.8. The molecule has 0 aliphatic carbocycles. The van der Waals surface area contributed by atoms with Gasteiger partial charge in [0.05, 0.1) is 6.04 Å². The summed E-state index contributed by atoms with van der Waals surface area (Å²) in [4.78, 5) is 18.1. The number of H-pyrrole nitrogens is 1. The summed E-state index contributed by atoms with van der Waals surface area (Å²) in [5, 5.41) is 3.75. The number of carbonyl (C=O) groups is 1. The van der Waals surface area contributed by atoms with Crippen LogP contribution in [0.3, 0.4) is 0 Å². The lowest BCUT2D eigenvalue weighted by atomic mass is 10.1. The van der Waals surface area contributed by atoms with E-state index in [2.05, 4.69) is 27.3 Å². The molecule has 0 bridgehead atoms. The average molecular weight is 351 g/mol. The van der Waals surface area contributed by atoms with Gasteiger partial charge in [0, 0.05) is 17.4 Å². The fourth-order valence-electron chi connectivity index (χ4n) is 3.70. The molecule has 3 aromatic rings. The molecule has 1 saturated heterocycles. The van der Waals surface area contributed by atoms with Crippen LogP contribution in [-0.2, 0) is 0 Å². The van der Waals surface area contributed by atoms with E-state index in [1.54, 1.807) is 12.1 Å². The van der Waals surface area contributed by atoms with Gasteiger partial charge in [-0.25, -0.2) is 4.39 Å². The largest absolute Gasteiger partial charge is 0.351 e. The predicted molar refractivity (Wildman–Crippen MR) is 101 cm³/mol. The van der Waals surface area contributed by atoms with E-state index >= 15 is 0 Å². The van der Waals surface area contributed by atoms with Gasteiger partial charge in [-0.2, -0.15) is 0 Å². The van der Waals surface area contributed by atoms with Gasteiger partial charge in [0.2, 0.25) is 0 Å². The van der Waals surface area contributed by atoms with Crippen LogP contribution in [0.1, 0.15) is 34.9 Å². The fourth-order valence-corrected chi connectivity index (χ4v) is 3.70. The molecule has 2 N–H and O–H groups in total. The van der Waals surface area contributed by atoms with E-state index in [4.69, 9.17) is 0 Å². The summed E-state index contributed by atoms with van der Waals surface area (Å²) in [5.74, 6) is -0.469. The third-order valence-corrected chi connectivity index (χ3v) is 5.05. The molecule has 2 heterocycles. The van der Waals surface area contributed by atoms with Gasteiger partial charge in [-0.15, -0.1) is 0 Å². The average Bonchev–Trinajstić information content (AvgIpc) is 3.32. The number of likely N-dealkylation sites (tertiary alicyclic amines) is 1. The normalized spacial score (nSPS) is 16.0. The molecule has 134 valence electrons. The van der Waals surface area contributed by atoms with Crippen molar-refractivity contribution >= 4 is 16.8 Å². The van der Waals surface area contributed by atoms with Crippen molar-refractivity contribution in [1.29, 1.82) is 0 Å². The van der Waals surface area contributed by atoms with Gasteiger partial charge in [0.1, 0.15) is 11.5 Å². The van der Waals surface area contributed by atoms with Crippen molar-refractivity contribution in [1.82, 2.24) is 15.2 Å². The Morgan fingerprint density at radius 3 is 2.65 bits per heavy atom. The third-order valence-electron chi connectivity index (χ3n) is 5.05. The van der Waals surface area contributed by atoms with Crippen LogP contribution >= 0.6 is 0 Å². The summed E-state index contributed by atoms with van der Waals surface area (Å²) < 4.78 is 13.3. The van der Waals surface area contributed by atoms with Crippen molar-refractivity contribution in [2.45, 2.75) is 18.9 Å². The van der Waals surface area contributed by atoms with E-state index in [0.717, 1.165) is 18.6 Å². The lowest BCUT2D eigenvalue weighted by molar-refractivity contribution is 0.0933. The topological polar surface area (TPSA) is 48.1 Å². The second-order valence-corrected chi connectivity index (χ2v) is 6.79. The van der Waals surface area contributed by atoms with Crippen LogP contribution in [0.25, 0.3) is 10.9 Å².